The fourth-order valence-electron chi connectivity index (χ4n) is 3.04. The molecular formula is C23H40N4O3. The number of aliphatic imine (C=N–C) groups is 1. The number of ether oxygens (including phenoxy) is 3. The molecule has 1 aromatic carbocycles. The van der Waals surface area contributed by atoms with Crippen LogP contribution in [0.4, 0.5) is 5.69 Å². The first-order valence-electron chi connectivity index (χ1n) is 11.1. The van der Waals surface area contributed by atoms with Crippen LogP contribution in [0.15, 0.2) is 29.3 Å². The van der Waals surface area contributed by atoms with E-state index < -0.39 is 0 Å². The maximum atomic E-state index is 5.84. The Morgan fingerprint density at radius 3 is 2.67 bits per heavy atom. The minimum Gasteiger partial charge on any atom is -0.491 e. The monoisotopic (exact) mass is 420 g/mol. The minimum atomic E-state index is 0.124. The number of hydrogen-bond donors (Lipinski definition) is 2. The molecule has 0 saturated carbocycles. The van der Waals surface area contributed by atoms with Crippen molar-refractivity contribution in [2.75, 3.05) is 58.4 Å². The van der Waals surface area contributed by atoms with Crippen LogP contribution in [-0.4, -0.2) is 76.1 Å². The molecule has 0 bridgehead atoms. The topological polar surface area (TPSA) is 67.4 Å². The molecule has 1 unspecified atom stereocenters. The van der Waals surface area contributed by atoms with Gasteiger partial charge in [0.1, 0.15) is 5.75 Å². The quantitative estimate of drug-likeness (QED) is 0.325. The van der Waals surface area contributed by atoms with Gasteiger partial charge in [-0.1, -0.05) is 13.8 Å². The fourth-order valence-corrected chi connectivity index (χ4v) is 3.04. The number of morpholine rings is 1. The van der Waals surface area contributed by atoms with E-state index >= 15 is 0 Å². The highest BCUT2D eigenvalue weighted by Crippen LogP contribution is 2.17. The molecule has 0 amide bonds. The summed E-state index contributed by atoms with van der Waals surface area (Å²) in [6.07, 6.45) is 1.21. The molecule has 170 valence electrons. The van der Waals surface area contributed by atoms with Crippen molar-refractivity contribution >= 4 is 11.6 Å². The van der Waals surface area contributed by atoms with Crippen molar-refractivity contribution in [1.82, 2.24) is 10.2 Å². The molecule has 1 heterocycles. The van der Waals surface area contributed by atoms with Gasteiger partial charge in [-0.05, 0) is 57.5 Å². The zero-order valence-corrected chi connectivity index (χ0v) is 19.3. The SMILES string of the molecule is CC(C)COCCCNC(=NCC1CN(C)CCO1)Nc1ccc(OC(C)C)cc1. The van der Waals surface area contributed by atoms with Crippen molar-refractivity contribution in [1.29, 1.82) is 0 Å². The van der Waals surface area contributed by atoms with Crippen LogP contribution in [0.25, 0.3) is 0 Å². The van der Waals surface area contributed by atoms with Crippen molar-refractivity contribution in [3.63, 3.8) is 0 Å². The lowest BCUT2D eigenvalue weighted by atomic mass is 10.2. The van der Waals surface area contributed by atoms with E-state index in [1.807, 2.05) is 38.1 Å². The molecule has 1 aliphatic rings. The third-order valence-corrected chi connectivity index (χ3v) is 4.49. The molecule has 1 atom stereocenters. The second-order valence-electron chi connectivity index (χ2n) is 8.51. The number of nitrogens with zero attached hydrogens (tertiary/aromatic N) is 2. The average Bonchev–Trinajstić information content (AvgIpc) is 2.69. The van der Waals surface area contributed by atoms with E-state index in [0.717, 1.165) is 63.3 Å². The summed E-state index contributed by atoms with van der Waals surface area (Å²) in [5.41, 5.74) is 0.968. The van der Waals surface area contributed by atoms with E-state index in [0.29, 0.717) is 12.5 Å². The highest BCUT2D eigenvalue weighted by Gasteiger charge is 2.17. The molecule has 1 aromatic rings. The highest BCUT2D eigenvalue weighted by atomic mass is 16.5. The summed E-state index contributed by atoms with van der Waals surface area (Å²) in [6.45, 7) is 14.0. The van der Waals surface area contributed by atoms with Crippen molar-refractivity contribution in [3.05, 3.63) is 24.3 Å². The Morgan fingerprint density at radius 2 is 2.00 bits per heavy atom. The summed E-state index contributed by atoms with van der Waals surface area (Å²) in [4.78, 5) is 7.05. The van der Waals surface area contributed by atoms with Gasteiger partial charge in [0.05, 0.1) is 25.4 Å². The largest absolute Gasteiger partial charge is 0.491 e. The van der Waals surface area contributed by atoms with Gasteiger partial charge in [0.25, 0.3) is 0 Å². The number of likely N-dealkylation sites (N-methyl/N-ethyl adjacent to an activating group) is 1. The number of rotatable bonds is 11. The van der Waals surface area contributed by atoms with Gasteiger partial charge in [0.15, 0.2) is 5.96 Å². The van der Waals surface area contributed by atoms with Gasteiger partial charge in [-0.2, -0.15) is 0 Å². The number of benzene rings is 1. The predicted octanol–water partition coefficient (Wildman–Crippen LogP) is 3.22. The number of hydrogen-bond acceptors (Lipinski definition) is 5. The predicted molar refractivity (Wildman–Crippen MR) is 124 cm³/mol. The standard InChI is InChI=1S/C23H40N4O3/c1-18(2)17-28-13-6-11-24-23(25-15-22-16-27(5)12-14-29-22)26-20-7-9-21(10-8-20)30-19(3)4/h7-10,18-19,22H,6,11-17H2,1-5H3,(H2,24,25,26). The Morgan fingerprint density at radius 1 is 1.23 bits per heavy atom. The van der Waals surface area contributed by atoms with E-state index in [-0.39, 0.29) is 12.2 Å². The molecule has 0 radical (unpaired) electrons. The molecule has 1 saturated heterocycles. The third-order valence-electron chi connectivity index (χ3n) is 4.49. The van der Waals surface area contributed by atoms with Crippen LogP contribution in [0, 0.1) is 5.92 Å². The Kier molecular flexibility index (Phi) is 11.0. The first-order chi connectivity index (χ1) is 14.4. The van der Waals surface area contributed by atoms with Crippen LogP contribution < -0.4 is 15.4 Å². The minimum absolute atomic E-state index is 0.124. The van der Waals surface area contributed by atoms with Crippen LogP contribution in [0.5, 0.6) is 5.75 Å². The van der Waals surface area contributed by atoms with E-state index in [4.69, 9.17) is 19.2 Å². The zero-order chi connectivity index (χ0) is 21.8. The summed E-state index contributed by atoms with van der Waals surface area (Å²) in [5, 5.41) is 6.81. The van der Waals surface area contributed by atoms with Crippen molar-refractivity contribution in [2.24, 2.45) is 10.9 Å². The van der Waals surface area contributed by atoms with Crippen LogP contribution >= 0.6 is 0 Å². The number of anilines is 1. The van der Waals surface area contributed by atoms with E-state index in [9.17, 15) is 0 Å². The second-order valence-corrected chi connectivity index (χ2v) is 8.51. The van der Waals surface area contributed by atoms with Crippen molar-refractivity contribution in [2.45, 2.75) is 46.3 Å². The molecule has 7 heteroatoms. The summed E-state index contributed by atoms with van der Waals surface area (Å²) in [6, 6.07) is 7.95. The van der Waals surface area contributed by atoms with Gasteiger partial charge >= 0.3 is 0 Å². The third kappa shape index (κ3) is 10.3. The Bertz CT molecular complexity index is 619. The van der Waals surface area contributed by atoms with E-state index in [1.165, 1.54) is 0 Å². The van der Waals surface area contributed by atoms with E-state index in [2.05, 4.69) is 36.4 Å². The smallest absolute Gasteiger partial charge is 0.195 e. The van der Waals surface area contributed by atoms with Crippen LogP contribution in [0.2, 0.25) is 0 Å². The number of guanidine groups is 1. The van der Waals surface area contributed by atoms with E-state index in [1.54, 1.807) is 0 Å². The van der Waals surface area contributed by atoms with Gasteiger partial charge in [-0.3, -0.25) is 4.99 Å². The summed E-state index contributed by atoms with van der Waals surface area (Å²) >= 11 is 0. The Labute approximate surface area is 182 Å². The summed E-state index contributed by atoms with van der Waals surface area (Å²) in [5.74, 6) is 2.18. The molecule has 2 rings (SSSR count). The summed E-state index contributed by atoms with van der Waals surface area (Å²) < 4.78 is 17.2. The van der Waals surface area contributed by atoms with Crippen molar-refractivity contribution < 1.29 is 14.2 Å². The molecular weight excluding hydrogens is 380 g/mol. The first-order valence-corrected chi connectivity index (χ1v) is 11.1. The van der Waals surface area contributed by atoms with Gasteiger partial charge in [-0.15, -0.1) is 0 Å². The molecule has 0 aliphatic carbocycles. The molecule has 30 heavy (non-hydrogen) atoms. The zero-order valence-electron chi connectivity index (χ0n) is 19.3. The lowest BCUT2D eigenvalue weighted by Gasteiger charge is -2.29. The second kappa shape index (κ2) is 13.5. The molecule has 1 aliphatic heterocycles. The highest BCUT2D eigenvalue weighted by molar-refractivity contribution is 5.93. The molecule has 7 nitrogen and oxygen atoms in total. The van der Waals surface area contributed by atoms with Crippen LogP contribution in [0.1, 0.15) is 34.1 Å². The van der Waals surface area contributed by atoms with Gasteiger partial charge in [0.2, 0.25) is 0 Å². The normalized spacial score (nSPS) is 18.1. The van der Waals surface area contributed by atoms with Gasteiger partial charge < -0.3 is 29.7 Å². The molecule has 0 aromatic heterocycles. The average molecular weight is 421 g/mol. The van der Waals surface area contributed by atoms with Crippen molar-refractivity contribution in [3.8, 4) is 5.75 Å². The Balaban J connectivity index is 1.89. The molecule has 1 fully saturated rings. The van der Waals surface area contributed by atoms with Gasteiger partial charge in [-0.25, -0.2) is 0 Å². The van der Waals surface area contributed by atoms with Gasteiger partial charge in [0, 0.05) is 38.5 Å². The molecule has 0 spiro atoms. The van der Waals surface area contributed by atoms with Crippen LogP contribution in [-0.2, 0) is 9.47 Å². The lowest BCUT2D eigenvalue weighted by Crippen LogP contribution is -2.42. The lowest BCUT2D eigenvalue weighted by molar-refractivity contribution is -0.0136. The maximum absolute atomic E-state index is 5.84. The first kappa shape index (κ1) is 24.4. The van der Waals surface area contributed by atoms with Crippen LogP contribution in [0.3, 0.4) is 0 Å². The fraction of sp³-hybridized carbons (Fsp3) is 0.696. The Hall–Kier alpha value is -1.83. The molecule has 2 N–H and O–H groups in total. The maximum Gasteiger partial charge on any atom is 0.195 e. The summed E-state index contributed by atoms with van der Waals surface area (Å²) in [7, 11) is 2.12. The number of nitrogens with one attached hydrogen (secondary N) is 2.